The van der Waals surface area contributed by atoms with Crippen LogP contribution in [0.25, 0.3) is 16.9 Å². The normalized spacial score (nSPS) is 15.6. The molecule has 1 saturated heterocycles. The van der Waals surface area contributed by atoms with E-state index >= 15 is 0 Å². The molecule has 0 unspecified atom stereocenters. The fourth-order valence-corrected chi connectivity index (χ4v) is 3.88. The summed E-state index contributed by atoms with van der Waals surface area (Å²) in [6, 6.07) is 11.9. The standard InChI is InChI=1S/C22H27N5O/c1-22(2,26-13-7-4-8-14-26)16-24-21(28)18-15-25-27-19(11-12-23-20(18)27)17-9-5-3-6-10-17/h3,5-6,9-12,15H,4,7-8,13-14,16H2,1-2H3,(H,24,28). The number of hydrogen-bond acceptors (Lipinski definition) is 4. The first kappa shape index (κ1) is 18.6. The summed E-state index contributed by atoms with van der Waals surface area (Å²) in [4.78, 5) is 19.8. The van der Waals surface area contributed by atoms with Gasteiger partial charge in [-0.1, -0.05) is 36.8 Å². The lowest BCUT2D eigenvalue weighted by Crippen LogP contribution is -2.53. The third-order valence-electron chi connectivity index (χ3n) is 5.61. The number of aromatic nitrogens is 3. The number of likely N-dealkylation sites (tertiary alicyclic amines) is 1. The second kappa shape index (κ2) is 7.72. The Labute approximate surface area is 165 Å². The first-order valence-electron chi connectivity index (χ1n) is 9.98. The smallest absolute Gasteiger partial charge is 0.256 e. The number of amides is 1. The number of hydrogen-bond donors (Lipinski definition) is 1. The summed E-state index contributed by atoms with van der Waals surface area (Å²) in [7, 11) is 0. The lowest BCUT2D eigenvalue weighted by Gasteiger charge is -2.41. The first-order valence-corrected chi connectivity index (χ1v) is 9.98. The number of carbonyl (C=O) groups is 1. The third-order valence-corrected chi connectivity index (χ3v) is 5.61. The zero-order valence-electron chi connectivity index (χ0n) is 16.6. The minimum atomic E-state index is -0.127. The molecule has 1 amide bonds. The second-order valence-electron chi connectivity index (χ2n) is 8.03. The van der Waals surface area contributed by atoms with Gasteiger partial charge in [0, 0.05) is 23.8 Å². The molecule has 1 fully saturated rings. The number of carbonyl (C=O) groups excluding carboxylic acids is 1. The Bertz CT molecular complexity index is 957. The van der Waals surface area contributed by atoms with Gasteiger partial charge in [0.25, 0.3) is 5.91 Å². The maximum absolute atomic E-state index is 12.9. The highest BCUT2D eigenvalue weighted by atomic mass is 16.1. The van der Waals surface area contributed by atoms with Gasteiger partial charge in [0.1, 0.15) is 5.56 Å². The average molecular weight is 377 g/mol. The number of nitrogens with zero attached hydrogens (tertiary/aromatic N) is 4. The van der Waals surface area contributed by atoms with Gasteiger partial charge in [-0.3, -0.25) is 9.69 Å². The topological polar surface area (TPSA) is 62.5 Å². The molecule has 1 aromatic carbocycles. The number of benzene rings is 1. The molecule has 0 aliphatic carbocycles. The summed E-state index contributed by atoms with van der Waals surface area (Å²) < 4.78 is 1.74. The van der Waals surface area contributed by atoms with E-state index in [2.05, 4.69) is 34.1 Å². The summed E-state index contributed by atoms with van der Waals surface area (Å²) in [6.45, 7) is 7.19. The van der Waals surface area contributed by atoms with Crippen LogP contribution in [-0.2, 0) is 0 Å². The Hall–Kier alpha value is -2.73. The minimum Gasteiger partial charge on any atom is -0.350 e. The van der Waals surface area contributed by atoms with Crippen LogP contribution in [0.15, 0.2) is 48.8 Å². The second-order valence-corrected chi connectivity index (χ2v) is 8.03. The zero-order valence-corrected chi connectivity index (χ0v) is 16.6. The first-order chi connectivity index (χ1) is 13.6. The molecule has 3 heterocycles. The molecule has 0 spiro atoms. The Morgan fingerprint density at radius 3 is 2.61 bits per heavy atom. The van der Waals surface area contributed by atoms with Crippen molar-refractivity contribution in [1.29, 1.82) is 0 Å². The van der Waals surface area contributed by atoms with Crippen LogP contribution in [0, 0.1) is 0 Å². The van der Waals surface area contributed by atoms with Gasteiger partial charge in [0.15, 0.2) is 5.65 Å². The Balaban J connectivity index is 1.54. The molecule has 2 aromatic heterocycles. The predicted molar refractivity (Wildman–Crippen MR) is 110 cm³/mol. The van der Waals surface area contributed by atoms with Crippen molar-refractivity contribution in [2.24, 2.45) is 0 Å². The fourth-order valence-electron chi connectivity index (χ4n) is 3.88. The van der Waals surface area contributed by atoms with Gasteiger partial charge in [-0.25, -0.2) is 9.50 Å². The van der Waals surface area contributed by atoms with E-state index in [1.165, 1.54) is 19.3 Å². The van der Waals surface area contributed by atoms with E-state index in [0.29, 0.717) is 17.8 Å². The van der Waals surface area contributed by atoms with E-state index < -0.39 is 0 Å². The van der Waals surface area contributed by atoms with Crippen molar-refractivity contribution in [3.05, 3.63) is 54.4 Å². The van der Waals surface area contributed by atoms with E-state index in [0.717, 1.165) is 24.3 Å². The molecule has 1 N–H and O–H groups in total. The van der Waals surface area contributed by atoms with Gasteiger partial charge in [-0.15, -0.1) is 0 Å². The fraction of sp³-hybridized carbons (Fsp3) is 0.409. The van der Waals surface area contributed by atoms with Crippen LogP contribution in [0.3, 0.4) is 0 Å². The molecule has 1 aliphatic heterocycles. The van der Waals surface area contributed by atoms with Crippen LogP contribution in [0.2, 0.25) is 0 Å². The average Bonchev–Trinajstić information content (AvgIpc) is 3.18. The minimum absolute atomic E-state index is 0.0678. The van der Waals surface area contributed by atoms with Gasteiger partial charge in [0.05, 0.1) is 11.9 Å². The van der Waals surface area contributed by atoms with Crippen LogP contribution in [0.5, 0.6) is 0 Å². The van der Waals surface area contributed by atoms with E-state index in [-0.39, 0.29) is 11.4 Å². The number of rotatable bonds is 5. The van der Waals surface area contributed by atoms with E-state index in [9.17, 15) is 4.79 Å². The van der Waals surface area contributed by atoms with Crippen LogP contribution in [0.1, 0.15) is 43.5 Å². The van der Waals surface area contributed by atoms with Crippen molar-refractivity contribution in [2.45, 2.75) is 38.6 Å². The molecule has 1 aliphatic rings. The van der Waals surface area contributed by atoms with Crippen molar-refractivity contribution in [3.8, 4) is 11.3 Å². The van der Waals surface area contributed by atoms with Gasteiger partial charge < -0.3 is 5.32 Å². The van der Waals surface area contributed by atoms with Gasteiger partial charge in [-0.05, 0) is 45.8 Å². The molecule has 0 bridgehead atoms. The maximum Gasteiger partial charge on any atom is 0.256 e. The van der Waals surface area contributed by atoms with Crippen LogP contribution < -0.4 is 5.32 Å². The highest BCUT2D eigenvalue weighted by Gasteiger charge is 2.29. The number of nitrogens with one attached hydrogen (secondary N) is 1. The molecule has 6 nitrogen and oxygen atoms in total. The van der Waals surface area contributed by atoms with E-state index in [1.807, 2.05) is 36.4 Å². The number of piperidine rings is 1. The highest BCUT2D eigenvalue weighted by Crippen LogP contribution is 2.22. The Kier molecular flexibility index (Phi) is 5.13. The van der Waals surface area contributed by atoms with Gasteiger partial charge >= 0.3 is 0 Å². The third kappa shape index (κ3) is 3.64. The van der Waals surface area contributed by atoms with Crippen molar-refractivity contribution >= 4 is 11.6 Å². The quantitative estimate of drug-likeness (QED) is 0.740. The van der Waals surface area contributed by atoms with Gasteiger partial charge in [0.2, 0.25) is 0 Å². The molecular weight excluding hydrogens is 350 g/mol. The highest BCUT2D eigenvalue weighted by molar-refractivity contribution is 5.99. The van der Waals surface area contributed by atoms with Gasteiger partial charge in [-0.2, -0.15) is 5.10 Å². The maximum atomic E-state index is 12.9. The summed E-state index contributed by atoms with van der Waals surface area (Å²) in [5, 5.41) is 7.53. The van der Waals surface area contributed by atoms with Crippen molar-refractivity contribution < 1.29 is 4.79 Å². The Morgan fingerprint density at radius 2 is 1.86 bits per heavy atom. The molecule has 146 valence electrons. The summed E-state index contributed by atoms with van der Waals surface area (Å²) >= 11 is 0. The number of fused-ring (bicyclic) bond motifs is 1. The summed E-state index contributed by atoms with van der Waals surface area (Å²) in [6.07, 6.45) is 7.11. The van der Waals surface area contributed by atoms with Crippen molar-refractivity contribution in [3.63, 3.8) is 0 Å². The molecule has 28 heavy (non-hydrogen) atoms. The zero-order chi connectivity index (χ0) is 19.6. The van der Waals surface area contributed by atoms with Crippen LogP contribution >= 0.6 is 0 Å². The van der Waals surface area contributed by atoms with Crippen LogP contribution in [-0.4, -0.2) is 50.6 Å². The van der Waals surface area contributed by atoms with E-state index in [4.69, 9.17) is 0 Å². The largest absolute Gasteiger partial charge is 0.350 e. The van der Waals surface area contributed by atoms with Crippen LogP contribution in [0.4, 0.5) is 0 Å². The molecular formula is C22H27N5O. The molecule has 0 saturated carbocycles. The summed E-state index contributed by atoms with van der Waals surface area (Å²) in [5.74, 6) is -0.127. The van der Waals surface area contributed by atoms with Crippen molar-refractivity contribution in [2.75, 3.05) is 19.6 Å². The lowest BCUT2D eigenvalue weighted by atomic mass is 9.98. The Morgan fingerprint density at radius 1 is 1.11 bits per heavy atom. The predicted octanol–water partition coefficient (Wildman–Crippen LogP) is 3.39. The van der Waals surface area contributed by atoms with E-state index in [1.54, 1.807) is 16.9 Å². The van der Waals surface area contributed by atoms with Crippen molar-refractivity contribution in [1.82, 2.24) is 24.8 Å². The SMILES string of the molecule is CC(C)(CNC(=O)c1cnn2c(-c3ccccc3)ccnc12)N1CCCCC1. The molecule has 4 rings (SSSR count). The monoisotopic (exact) mass is 377 g/mol. The molecule has 0 radical (unpaired) electrons. The molecule has 3 aromatic rings. The lowest BCUT2D eigenvalue weighted by molar-refractivity contribution is 0.0798. The molecule has 0 atom stereocenters. The molecule has 6 heteroatoms. The summed E-state index contributed by atoms with van der Waals surface area (Å²) in [5.41, 5.74) is 2.97.